The van der Waals surface area contributed by atoms with Gasteiger partial charge >= 0.3 is 28.8 Å². The van der Waals surface area contributed by atoms with Crippen molar-refractivity contribution in [1.82, 2.24) is 0 Å². The number of rotatable bonds is 7. The molecule has 154 valence electrons. The molecule has 0 N–H and O–H groups in total. The van der Waals surface area contributed by atoms with Crippen molar-refractivity contribution in [2.45, 2.75) is 45.1 Å². The van der Waals surface area contributed by atoms with E-state index in [1.807, 2.05) is 0 Å². The minimum atomic E-state index is -6.43. The highest BCUT2D eigenvalue weighted by molar-refractivity contribution is 9.04. The van der Waals surface area contributed by atoms with Crippen molar-refractivity contribution in [3.63, 3.8) is 0 Å². The molecule has 0 fully saturated rings. The molecular weight excluding hydrogens is 420 g/mol. The third-order valence-electron chi connectivity index (χ3n) is 3.46. The zero-order valence-corrected chi connectivity index (χ0v) is 16.6. The summed E-state index contributed by atoms with van der Waals surface area (Å²) in [7, 11) is -15.0. The highest BCUT2D eigenvalue weighted by atomic mass is 33.5. The van der Waals surface area contributed by atoms with Crippen LogP contribution in [0.1, 0.15) is 34.1 Å². The van der Waals surface area contributed by atoms with E-state index in [4.69, 9.17) is 0 Å². The number of hydrogen-bond acceptors (Lipinski definition) is 5. The molecule has 0 unspecified atom stereocenters. The lowest BCUT2D eigenvalue weighted by atomic mass is 10.3. The summed E-state index contributed by atoms with van der Waals surface area (Å²) in [5.41, 5.74) is -12.1. The van der Waals surface area contributed by atoms with Crippen LogP contribution in [0.25, 0.3) is 0 Å². The van der Waals surface area contributed by atoms with Gasteiger partial charge in [-0.05, 0) is 27.2 Å². The average Bonchev–Trinajstić information content (AvgIpc) is 2.42. The Hall–Kier alpha value is -0.210. The second-order valence-corrected chi connectivity index (χ2v) is 12.0. The first-order valence-corrected chi connectivity index (χ1v) is 12.0. The van der Waals surface area contributed by atoms with Crippen LogP contribution in [0.2, 0.25) is 0 Å². The van der Waals surface area contributed by atoms with Crippen molar-refractivity contribution >= 4 is 27.6 Å². The van der Waals surface area contributed by atoms with Crippen LogP contribution in [-0.4, -0.2) is 58.5 Å². The van der Waals surface area contributed by atoms with Crippen molar-refractivity contribution in [2.24, 2.45) is 0 Å². The van der Waals surface area contributed by atoms with Crippen molar-refractivity contribution in [3.8, 4) is 0 Å². The van der Waals surface area contributed by atoms with Crippen LogP contribution in [0.4, 0.5) is 26.3 Å². The molecule has 0 saturated heterocycles. The summed E-state index contributed by atoms with van der Waals surface area (Å²) < 4.78 is 111. The van der Waals surface area contributed by atoms with E-state index < -0.39 is 38.6 Å². The molecule has 0 aromatic rings. The molecule has 0 aliphatic carbocycles. The van der Waals surface area contributed by atoms with Gasteiger partial charge in [0, 0.05) is 0 Å². The molecule has 5 nitrogen and oxygen atoms in total. The molecular formula is C11H22F6NO4S3+. The topological polar surface area (TPSA) is 68.3 Å². The van der Waals surface area contributed by atoms with Crippen LogP contribution >= 0.6 is 9.83 Å². The molecule has 0 aromatic carbocycles. The van der Waals surface area contributed by atoms with Crippen molar-refractivity contribution in [3.05, 3.63) is 0 Å². The van der Waals surface area contributed by atoms with E-state index in [2.05, 4.69) is 27.7 Å². The van der Waals surface area contributed by atoms with E-state index in [-0.39, 0.29) is 0 Å². The van der Waals surface area contributed by atoms with Gasteiger partial charge in [-0.2, -0.15) is 26.3 Å². The van der Waals surface area contributed by atoms with Gasteiger partial charge in [-0.1, -0.05) is 6.92 Å². The monoisotopic (exact) mass is 442 g/mol. The minimum Gasteiger partial charge on any atom is -0.324 e. The minimum absolute atomic E-state index is 1.29. The Balaban J connectivity index is 0. The standard InChI is InChI=1S/C9H22N.C2F6O4S3/c1-5-9-10(6-2,7-3)8-4;3-1(4,5)14(9,10)13-15(11,12)2(6,7)8/h5-9H2,1-4H3;/q+1;. The van der Waals surface area contributed by atoms with Gasteiger partial charge in [0.15, 0.2) is 0 Å². The lowest BCUT2D eigenvalue weighted by molar-refractivity contribution is -0.923. The zero-order chi connectivity index (χ0) is 20.7. The van der Waals surface area contributed by atoms with Crippen molar-refractivity contribution in [2.75, 3.05) is 26.2 Å². The lowest BCUT2D eigenvalue weighted by Crippen LogP contribution is -2.47. The molecule has 0 radical (unpaired) electrons. The molecule has 0 heterocycles. The number of alkyl halides is 6. The molecule has 25 heavy (non-hydrogen) atoms. The normalized spacial score (nSPS) is 14.0. The summed E-state index contributed by atoms with van der Waals surface area (Å²) >= 11 is 0. The highest BCUT2D eigenvalue weighted by Gasteiger charge is 2.56. The van der Waals surface area contributed by atoms with E-state index in [9.17, 15) is 43.2 Å². The quantitative estimate of drug-likeness (QED) is 0.342. The summed E-state index contributed by atoms with van der Waals surface area (Å²) in [4.78, 5) is 0. The fourth-order valence-corrected chi connectivity index (χ4v) is 6.89. The fraction of sp³-hybridized carbons (Fsp3) is 1.00. The Bertz CT molecular complexity index is 544. The summed E-state index contributed by atoms with van der Waals surface area (Å²) in [5.74, 6) is 0. The second-order valence-electron chi connectivity index (χ2n) is 4.88. The molecule has 0 aromatic heterocycles. The van der Waals surface area contributed by atoms with Gasteiger partial charge in [0.25, 0.3) is 0 Å². The van der Waals surface area contributed by atoms with E-state index in [0.29, 0.717) is 0 Å². The summed E-state index contributed by atoms with van der Waals surface area (Å²) in [6.45, 7) is 14.4. The number of quaternary nitrogens is 1. The fourth-order valence-electron chi connectivity index (χ4n) is 1.81. The smallest absolute Gasteiger partial charge is 0.324 e. The summed E-state index contributed by atoms with van der Waals surface area (Å²) in [6, 6.07) is 0. The predicted molar refractivity (Wildman–Crippen MR) is 84.6 cm³/mol. The summed E-state index contributed by atoms with van der Waals surface area (Å²) in [6.07, 6.45) is 1.32. The van der Waals surface area contributed by atoms with Crippen LogP contribution in [0.3, 0.4) is 0 Å². The van der Waals surface area contributed by atoms with Gasteiger partial charge in [0.2, 0.25) is 0 Å². The van der Waals surface area contributed by atoms with Crippen molar-refractivity contribution < 1.29 is 47.7 Å². The molecule has 0 atom stereocenters. The number of hydrogen-bond donors (Lipinski definition) is 0. The van der Waals surface area contributed by atoms with E-state index in [1.165, 1.54) is 37.1 Å². The molecule has 0 amide bonds. The van der Waals surface area contributed by atoms with Gasteiger partial charge in [-0.3, -0.25) is 0 Å². The first kappa shape index (κ1) is 27.0. The highest BCUT2D eigenvalue weighted by Crippen LogP contribution is 2.42. The maximum atomic E-state index is 11.5. The Morgan fingerprint density at radius 2 is 1.00 bits per heavy atom. The third-order valence-corrected chi connectivity index (χ3v) is 10.4. The van der Waals surface area contributed by atoms with Crippen LogP contribution in [-0.2, 0) is 17.7 Å². The Morgan fingerprint density at radius 3 is 1.12 bits per heavy atom. The average molecular weight is 442 g/mol. The predicted octanol–water partition coefficient (Wildman–Crippen LogP) is 3.69. The first-order chi connectivity index (χ1) is 10.9. The van der Waals surface area contributed by atoms with E-state index in [0.717, 1.165) is 0 Å². The maximum absolute atomic E-state index is 11.5. The first-order valence-electron chi connectivity index (χ1n) is 7.14. The molecule has 0 aliphatic rings. The summed E-state index contributed by atoms with van der Waals surface area (Å²) in [5, 5.41) is 0. The molecule has 0 saturated carbocycles. The van der Waals surface area contributed by atoms with E-state index >= 15 is 0 Å². The molecule has 0 spiro atoms. The van der Waals surface area contributed by atoms with Crippen LogP contribution < -0.4 is 0 Å². The Morgan fingerprint density at radius 1 is 0.720 bits per heavy atom. The molecule has 0 aliphatic heterocycles. The Labute approximate surface area is 147 Å². The second kappa shape index (κ2) is 9.65. The van der Waals surface area contributed by atoms with Crippen LogP contribution in [0, 0.1) is 0 Å². The van der Waals surface area contributed by atoms with Gasteiger partial charge in [-0.15, -0.1) is 0 Å². The van der Waals surface area contributed by atoms with Gasteiger partial charge in [0.05, 0.1) is 26.2 Å². The van der Waals surface area contributed by atoms with Gasteiger partial charge < -0.3 is 4.48 Å². The van der Waals surface area contributed by atoms with Crippen LogP contribution in [0.15, 0.2) is 0 Å². The third kappa shape index (κ3) is 8.35. The van der Waals surface area contributed by atoms with Crippen molar-refractivity contribution in [1.29, 1.82) is 0 Å². The van der Waals surface area contributed by atoms with E-state index in [1.54, 1.807) is 0 Å². The number of halogens is 6. The molecule has 14 heteroatoms. The van der Waals surface area contributed by atoms with Gasteiger partial charge in [-0.25, -0.2) is 16.8 Å². The molecule has 0 rings (SSSR count). The SMILES string of the molecule is CCC[N+](CC)(CC)CC.O=S(=O)(SS(=O)(=O)C(F)(F)F)C(F)(F)F. The number of nitrogens with zero attached hydrogens (tertiary/aromatic N) is 1. The van der Waals surface area contributed by atoms with Crippen LogP contribution in [0.5, 0.6) is 0 Å². The zero-order valence-electron chi connectivity index (χ0n) is 14.1. The Kier molecular flexibility index (Phi) is 10.4. The lowest BCUT2D eigenvalue weighted by Gasteiger charge is -2.35. The molecule has 0 bridgehead atoms. The largest absolute Gasteiger partial charge is 0.508 e. The maximum Gasteiger partial charge on any atom is 0.508 e. The van der Waals surface area contributed by atoms with Gasteiger partial charge in [0.1, 0.15) is 9.83 Å².